The summed E-state index contributed by atoms with van der Waals surface area (Å²) in [6.07, 6.45) is 0.636. The molecule has 0 amide bonds. The van der Waals surface area contributed by atoms with Crippen molar-refractivity contribution in [2.24, 2.45) is 0 Å². The van der Waals surface area contributed by atoms with Gasteiger partial charge in [0, 0.05) is 12.8 Å². The number of hydrogen-bond acceptors (Lipinski definition) is 6. The summed E-state index contributed by atoms with van der Waals surface area (Å²) in [6, 6.07) is 8.40. The molecular weight excluding hydrogens is 610 g/mol. The number of phenolic OH excluding ortho intramolecular Hbond substituents is 2. The monoisotopic (exact) mass is 632 g/mol. The summed E-state index contributed by atoms with van der Waals surface area (Å²) in [4.78, 5) is 20.9. The zero-order valence-electron chi connectivity index (χ0n) is 15.2. The number of halogens is 2. The van der Waals surface area contributed by atoms with E-state index in [-0.39, 0.29) is 17.0 Å². The maximum Gasteiger partial charge on any atom is 0.129 e. The van der Waals surface area contributed by atoms with E-state index < -0.39 is 24.0 Å². The van der Waals surface area contributed by atoms with Crippen molar-refractivity contribution in [3.05, 3.63) is 54.7 Å². The largest absolute Gasteiger partial charge is 0.544 e. The smallest absolute Gasteiger partial charge is 0.129 e. The second-order valence-corrected chi connectivity index (χ2v) is 8.34. The number of carboxylic acids is 2. The first kappa shape index (κ1) is 27.3. The topological polar surface area (TPSA) is 207 Å². The Morgan fingerprint density at radius 2 is 1.14 bits per heavy atom. The lowest BCUT2D eigenvalue weighted by atomic mass is 10.1. The van der Waals surface area contributed by atoms with Crippen LogP contribution < -0.4 is 21.7 Å². The number of aromatic hydroxyl groups is 2. The van der Waals surface area contributed by atoms with Gasteiger partial charge in [0.1, 0.15) is 23.6 Å². The molecule has 0 aliphatic rings. The highest BCUT2D eigenvalue weighted by Crippen LogP contribution is 2.21. The van der Waals surface area contributed by atoms with Crippen LogP contribution in [-0.2, 0) is 22.4 Å². The van der Waals surface area contributed by atoms with E-state index in [1.165, 1.54) is 0 Å². The van der Waals surface area contributed by atoms with Gasteiger partial charge in [0.15, 0.2) is 0 Å². The molecule has 2 aromatic carbocycles. The predicted molar refractivity (Wildman–Crippen MR) is 116 cm³/mol. The van der Waals surface area contributed by atoms with Gasteiger partial charge in [0.05, 0.1) is 19.1 Å². The average molecular weight is 632 g/mol. The molecule has 0 radical (unpaired) electrons. The van der Waals surface area contributed by atoms with E-state index in [1.54, 1.807) is 36.4 Å². The van der Waals surface area contributed by atoms with Crippen LogP contribution in [0.5, 0.6) is 11.5 Å². The molecule has 0 spiro atoms. The number of phenols is 2. The molecule has 0 unspecified atom stereocenters. The van der Waals surface area contributed by atoms with Gasteiger partial charge in [0.2, 0.25) is 0 Å². The number of carbonyl (C=O) groups is 2. The number of benzene rings is 2. The quantitative estimate of drug-likeness (QED) is 0.244. The molecule has 2 atom stereocenters. The zero-order chi connectivity index (χ0) is 21.4. The molecule has 0 heterocycles. The van der Waals surface area contributed by atoms with Crippen LogP contribution in [-0.4, -0.2) is 39.7 Å². The Bertz CT molecular complexity index is 779. The molecule has 0 saturated heterocycles. The molecule has 9 nitrogen and oxygen atoms in total. The predicted octanol–water partition coefficient (Wildman–Crippen LogP) is -3.03. The molecule has 11 heteroatoms. The lowest BCUT2D eigenvalue weighted by Crippen LogP contribution is -2.69. The summed E-state index contributed by atoms with van der Waals surface area (Å²) in [5.41, 5.74) is 8.58. The minimum Gasteiger partial charge on any atom is -0.544 e. The second-order valence-electron chi connectivity index (χ2n) is 6.01. The fourth-order valence-corrected chi connectivity index (χ4v) is 3.25. The fourth-order valence-electron chi connectivity index (χ4n) is 2.09. The third-order valence-electron chi connectivity index (χ3n) is 3.66. The first-order valence-electron chi connectivity index (χ1n) is 8.04. The van der Waals surface area contributed by atoms with Gasteiger partial charge in [-0.25, -0.2) is 0 Å². The second kappa shape index (κ2) is 12.8. The first-order valence-corrected chi connectivity index (χ1v) is 10.2. The molecule has 0 bridgehead atoms. The van der Waals surface area contributed by atoms with Gasteiger partial charge < -0.3 is 47.0 Å². The van der Waals surface area contributed by atoms with Crippen molar-refractivity contribution in [2.45, 2.75) is 24.9 Å². The fraction of sp³-hybridized carbons (Fsp3) is 0.222. The van der Waals surface area contributed by atoms with Crippen LogP contribution in [0.3, 0.4) is 0 Å². The molecule has 0 aliphatic carbocycles. The molecule has 0 fully saturated rings. The van der Waals surface area contributed by atoms with Crippen molar-refractivity contribution >= 4 is 57.1 Å². The molecule has 0 aromatic heterocycles. The van der Waals surface area contributed by atoms with Crippen molar-refractivity contribution in [1.29, 1.82) is 0 Å². The Balaban J connectivity index is 0.000000523. The Hall–Kier alpha value is -1.68. The molecule has 2 rings (SSSR count). The average Bonchev–Trinajstić information content (AvgIpc) is 2.61. The summed E-state index contributed by atoms with van der Waals surface area (Å²) in [5, 5.41) is 39.3. The standard InChI is InChI=1S/2C9H10INO3.H2O/c2*10-6-3-5(1-2-8(6)12)4-7(11)9(13)14;/h2*1-3,7,12H,4,11H2,(H,13,14);1H2/t2*7-;/m00./s1. The van der Waals surface area contributed by atoms with E-state index in [2.05, 4.69) is 11.5 Å². The number of hydrogen-bond donors (Lipinski definition) is 4. The van der Waals surface area contributed by atoms with Gasteiger partial charge in [-0.3, -0.25) is 0 Å². The van der Waals surface area contributed by atoms with Gasteiger partial charge in [-0.2, -0.15) is 0 Å². The van der Waals surface area contributed by atoms with E-state index in [0.717, 1.165) is 11.1 Å². The molecule has 29 heavy (non-hydrogen) atoms. The Morgan fingerprint density at radius 3 is 1.38 bits per heavy atom. The normalized spacial score (nSPS) is 12.0. The molecule has 0 aliphatic heterocycles. The van der Waals surface area contributed by atoms with Crippen molar-refractivity contribution < 1.29 is 47.0 Å². The van der Waals surface area contributed by atoms with Gasteiger partial charge in [-0.15, -0.1) is 0 Å². The highest BCUT2D eigenvalue weighted by Gasteiger charge is 2.10. The summed E-state index contributed by atoms with van der Waals surface area (Å²) in [6.45, 7) is 0. The lowest BCUT2D eigenvalue weighted by Gasteiger charge is -2.09. The van der Waals surface area contributed by atoms with Gasteiger partial charge in [-0.1, -0.05) is 12.1 Å². The van der Waals surface area contributed by atoms with Crippen molar-refractivity contribution in [2.75, 3.05) is 0 Å². The van der Waals surface area contributed by atoms with Crippen LogP contribution in [0, 0.1) is 7.14 Å². The Morgan fingerprint density at radius 1 is 0.828 bits per heavy atom. The maximum atomic E-state index is 10.4. The van der Waals surface area contributed by atoms with Crippen LogP contribution in [0.4, 0.5) is 0 Å². The van der Waals surface area contributed by atoms with Gasteiger partial charge >= 0.3 is 0 Å². The van der Waals surface area contributed by atoms with Crippen LogP contribution in [0.25, 0.3) is 0 Å². The summed E-state index contributed by atoms with van der Waals surface area (Å²) >= 11 is 3.96. The molecule has 10 N–H and O–H groups in total. The molecular formula is C18H22I2N2O7. The molecule has 160 valence electrons. The van der Waals surface area contributed by atoms with Crippen molar-refractivity contribution in [3.8, 4) is 11.5 Å². The maximum absolute atomic E-state index is 10.4. The minimum atomic E-state index is -1.16. The summed E-state index contributed by atoms with van der Waals surface area (Å²) in [5.74, 6) is -1.92. The number of carboxylic acid groups (broad SMARTS) is 2. The first-order chi connectivity index (χ1) is 13.0. The van der Waals surface area contributed by atoms with Crippen LogP contribution >= 0.6 is 45.2 Å². The molecule has 2 aromatic rings. The number of aliphatic carboxylic acids is 2. The van der Waals surface area contributed by atoms with E-state index >= 15 is 0 Å². The van der Waals surface area contributed by atoms with Crippen LogP contribution in [0.15, 0.2) is 36.4 Å². The van der Waals surface area contributed by atoms with Gasteiger partial charge in [-0.05, 0) is 80.6 Å². The summed E-state index contributed by atoms with van der Waals surface area (Å²) < 4.78 is 1.40. The number of carbonyl (C=O) groups excluding carboxylic acids is 2. The number of rotatable bonds is 6. The molecule has 0 saturated carbocycles. The van der Waals surface area contributed by atoms with Crippen LogP contribution in [0.1, 0.15) is 11.1 Å². The zero-order valence-corrected chi connectivity index (χ0v) is 19.5. The Labute approximate surface area is 194 Å². The van der Waals surface area contributed by atoms with Crippen molar-refractivity contribution in [1.82, 2.24) is 0 Å². The summed E-state index contributed by atoms with van der Waals surface area (Å²) in [7, 11) is 0. The van der Waals surface area contributed by atoms with E-state index in [9.17, 15) is 30.0 Å². The Kier molecular flexibility index (Phi) is 12.1. The SMILES string of the molecule is O.[NH3+][C@@H](Cc1ccc(O)c(I)c1)C(=O)[O-].[NH3+][C@@H](Cc1ccc(O)c(I)c1)C(=O)[O-]. The third kappa shape index (κ3) is 9.58. The lowest BCUT2D eigenvalue weighted by molar-refractivity contribution is -0.437. The van der Waals surface area contributed by atoms with Crippen molar-refractivity contribution in [3.63, 3.8) is 0 Å². The number of quaternary nitrogens is 2. The van der Waals surface area contributed by atoms with Gasteiger partial charge in [0.25, 0.3) is 0 Å². The minimum absolute atomic E-state index is 0. The highest BCUT2D eigenvalue weighted by molar-refractivity contribution is 14.1. The van der Waals surface area contributed by atoms with Crippen LogP contribution in [0.2, 0.25) is 0 Å². The van der Waals surface area contributed by atoms with E-state index in [4.69, 9.17) is 0 Å². The third-order valence-corrected chi connectivity index (χ3v) is 5.38. The highest BCUT2D eigenvalue weighted by atomic mass is 127. The van der Waals surface area contributed by atoms with E-state index in [0.29, 0.717) is 20.0 Å². The van der Waals surface area contributed by atoms with E-state index in [1.807, 2.05) is 45.2 Å².